The van der Waals surface area contributed by atoms with Gasteiger partial charge in [0.25, 0.3) is 5.56 Å². The van der Waals surface area contributed by atoms with Gasteiger partial charge >= 0.3 is 11.9 Å². The molecule has 0 spiro atoms. The standard InChI is InChI=1S/C19H22N2O6/c1-2-3-4-8-27-10-11-6-5-7-12(9-11)13-14(18(23)24)16(20)21-17(22)15(13)19(25)26/h5-7,9H,2-4,8,10H2,1H3,(H,23,24)(H,25,26)(H3,20,21,22). The van der Waals surface area contributed by atoms with Crippen molar-refractivity contribution in [1.82, 2.24) is 4.98 Å². The molecule has 0 bridgehead atoms. The van der Waals surface area contributed by atoms with E-state index < -0.39 is 34.4 Å². The van der Waals surface area contributed by atoms with E-state index >= 15 is 0 Å². The Morgan fingerprint density at radius 1 is 1.15 bits per heavy atom. The van der Waals surface area contributed by atoms with Gasteiger partial charge in [-0.15, -0.1) is 0 Å². The van der Waals surface area contributed by atoms with Crippen molar-refractivity contribution in [3.8, 4) is 11.1 Å². The Balaban J connectivity index is 2.48. The molecule has 0 amide bonds. The second kappa shape index (κ2) is 9.00. The van der Waals surface area contributed by atoms with Gasteiger partial charge in [-0.05, 0) is 23.6 Å². The predicted molar refractivity (Wildman–Crippen MR) is 100 cm³/mol. The average Bonchev–Trinajstić information content (AvgIpc) is 2.60. The lowest BCUT2D eigenvalue weighted by Crippen LogP contribution is -2.24. The number of aromatic amines is 1. The molecule has 0 aliphatic heterocycles. The monoisotopic (exact) mass is 374 g/mol. The van der Waals surface area contributed by atoms with Gasteiger partial charge in [-0.2, -0.15) is 0 Å². The molecule has 1 aromatic carbocycles. The Morgan fingerprint density at radius 3 is 2.48 bits per heavy atom. The molecule has 0 aliphatic rings. The summed E-state index contributed by atoms with van der Waals surface area (Å²) in [5, 5.41) is 18.9. The number of aromatic carboxylic acids is 2. The molecular weight excluding hydrogens is 352 g/mol. The van der Waals surface area contributed by atoms with Crippen LogP contribution < -0.4 is 11.3 Å². The minimum atomic E-state index is -1.53. The predicted octanol–water partition coefficient (Wildman–Crippen LogP) is 2.73. The Morgan fingerprint density at radius 2 is 1.85 bits per heavy atom. The molecule has 0 fully saturated rings. The number of carboxylic acid groups (broad SMARTS) is 2. The van der Waals surface area contributed by atoms with Gasteiger partial charge in [-0.1, -0.05) is 38.0 Å². The molecule has 0 unspecified atom stereocenters. The molecule has 5 N–H and O–H groups in total. The van der Waals surface area contributed by atoms with E-state index in [1.165, 1.54) is 6.07 Å². The van der Waals surface area contributed by atoms with Crippen molar-refractivity contribution in [2.45, 2.75) is 32.8 Å². The molecule has 0 saturated carbocycles. The number of carboxylic acids is 2. The molecule has 144 valence electrons. The van der Waals surface area contributed by atoms with Crippen molar-refractivity contribution in [3.05, 3.63) is 51.3 Å². The first kappa shape index (κ1) is 20.2. The van der Waals surface area contributed by atoms with Gasteiger partial charge in [0.05, 0.1) is 6.61 Å². The van der Waals surface area contributed by atoms with Crippen molar-refractivity contribution in [3.63, 3.8) is 0 Å². The number of benzene rings is 1. The van der Waals surface area contributed by atoms with Crippen LogP contribution in [-0.4, -0.2) is 33.7 Å². The van der Waals surface area contributed by atoms with E-state index in [2.05, 4.69) is 11.9 Å². The summed E-state index contributed by atoms with van der Waals surface area (Å²) < 4.78 is 5.59. The van der Waals surface area contributed by atoms with Crippen molar-refractivity contribution >= 4 is 17.8 Å². The molecule has 2 aromatic rings. The van der Waals surface area contributed by atoms with E-state index in [1.54, 1.807) is 18.2 Å². The maximum absolute atomic E-state index is 12.1. The summed E-state index contributed by atoms with van der Waals surface area (Å²) in [6, 6.07) is 6.57. The highest BCUT2D eigenvalue weighted by molar-refractivity contribution is 6.07. The number of nitrogens with two attached hydrogens (primary N) is 1. The van der Waals surface area contributed by atoms with Gasteiger partial charge in [0.15, 0.2) is 0 Å². The van der Waals surface area contributed by atoms with Crippen LogP contribution in [0, 0.1) is 0 Å². The molecule has 1 aromatic heterocycles. The molecular formula is C19H22N2O6. The van der Waals surface area contributed by atoms with Crippen LogP contribution in [-0.2, 0) is 11.3 Å². The van der Waals surface area contributed by atoms with Gasteiger partial charge in [-0.25, -0.2) is 9.59 Å². The molecule has 8 heteroatoms. The molecule has 8 nitrogen and oxygen atoms in total. The third-order valence-corrected chi connectivity index (χ3v) is 4.05. The highest BCUT2D eigenvalue weighted by Gasteiger charge is 2.26. The first-order valence-corrected chi connectivity index (χ1v) is 8.56. The Bertz CT molecular complexity index is 904. The largest absolute Gasteiger partial charge is 0.478 e. The normalized spacial score (nSPS) is 10.7. The Labute approximate surface area is 155 Å². The van der Waals surface area contributed by atoms with E-state index in [1.807, 2.05) is 0 Å². The van der Waals surface area contributed by atoms with Crippen LogP contribution in [0.15, 0.2) is 29.1 Å². The number of carbonyl (C=O) groups is 2. The van der Waals surface area contributed by atoms with E-state index in [4.69, 9.17) is 10.5 Å². The Hall–Kier alpha value is -3.13. The van der Waals surface area contributed by atoms with Gasteiger partial charge in [0.2, 0.25) is 0 Å². The summed E-state index contributed by atoms with van der Waals surface area (Å²) in [5.41, 5.74) is 4.36. The quantitative estimate of drug-likeness (QED) is 0.494. The molecule has 0 radical (unpaired) electrons. The van der Waals surface area contributed by atoms with Gasteiger partial charge < -0.3 is 25.7 Å². The SMILES string of the molecule is CCCCCOCc1cccc(-c2c(C(=O)O)c(N)[nH]c(=O)c2C(=O)O)c1. The summed E-state index contributed by atoms with van der Waals surface area (Å²) in [6.45, 7) is 2.98. The lowest BCUT2D eigenvalue weighted by molar-refractivity contribution is 0.0695. The first-order chi connectivity index (χ1) is 12.9. The van der Waals surface area contributed by atoms with Crippen LogP contribution in [0.5, 0.6) is 0 Å². The molecule has 1 heterocycles. The lowest BCUT2D eigenvalue weighted by Gasteiger charge is -2.13. The number of aromatic nitrogens is 1. The highest BCUT2D eigenvalue weighted by Crippen LogP contribution is 2.29. The van der Waals surface area contributed by atoms with E-state index in [9.17, 15) is 24.6 Å². The zero-order chi connectivity index (χ0) is 20.0. The van der Waals surface area contributed by atoms with Crippen molar-refractivity contribution in [2.24, 2.45) is 0 Å². The van der Waals surface area contributed by atoms with Crippen LogP contribution in [0.1, 0.15) is 52.5 Å². The first-order valence-electron chi connectivity index (χ1n) is 8.56. The van der Waals surface area contributed by atoms with Crippen molar-refractivity contribution in [2.75, 3.05) is 12.3 Å². The maximum atomic E-state index is 12.1. The minimum absolute atomic E-state index is 0.218. The van der Waals surface area contributed by atoms with E-state index in [0.717, 1.165) is 24.8 Å². The summed E-state index contributed by atoms with van der Waals surface area (Å²) >= 11 is 0. The van der Waals surface area contributed by atoms with Crippen LogP contribution in [0.4, 0.5) is 5.82 Å². The number of H-pyrrole nitrogens is 1. The number of unbranched alkanes of at least 4 members (excludes halogenated alkanes) is 2. The molecule has 0 aliphatic carbocycles. The fraction of sp³-hybridized carbons (Fsp3) is 0.316. The van der Waals surface area contributed by atoms with Crippen LogP contribution >= 0.6 is 0 Å². The molecule has 27 heavy (non-hydrogen) atoms. The summed E-state index contributed by atoms with van der Waals surface area (Å²) in [6.07, 6.45) is 3.09. The third-order valence-electron chi connectivity index (χ3n) is 4.05. The number of rotatable bonds is 9. The zero-order valence-corrected chi connectivity index (χ0v) is 14.9. The number of nitrogens with one attached hydrogen (secondary N) is 1. The smallest absolute Gasteiger partial charge is 0.342 e. The van der Waals surface area contributed by atoms with E-state index in [-0.39, 0.29) is 11.1 Å². The maximum Gasteiger partial charge on any atom is 0.342 e. The molecule has 0 atom stereocenters. The fourth-order valence-electron chi connectivity index (χ4n) is 2.80. The topological polar surface area (TPSA) is 143 Å². The number of ether oxygens (including phenoxy) is 1. The second-order valence-electron chi connectivity index (χ2n) is 6.06. The van der Waals surface area contributed by atoms with Gasteiger partial charge in [-0.3, -0.25) is 4.79 Å². The summed E-state index contributed by atoms with van der Waals surface area (Å²) in [7, 11) is 0. The van der Waals surface area contributed by atoms with Gasteiger partial charge in [0.1, 0.15) is 16.9 Å². The lowest BCUT2D eigenvalue weighted by atomic mass is 9.94. The zero-order valence-electron chi connectivity index (χ0n) is 14.9. The van der Waals surface area contributed by atoms with Crippen molar-refractivity contribution < 1.29 is 24.5 Å². The number of pyridine rings is 1. The van der Waals surface area contributed by atoms with Crippen LogP contribution in [0.2, 0.25) is 0 Å². The van der Waals surface area contributed by atoms with Crippen LogP contribution in [0.25, 0.3) is 11.1 Å². The number of anilines is 1. The summed E-state index contributed by atoms with van der Waals surface area (Å²) in [4.78, 5) is 37.4. The minimum Gasteiger partial charge on any atom is -0.478 e. The summed E-state index contributed by atoms with van der Waals surface area (Å²) in [5.74, 6) is -3.36. The average molecular weight is 374 g/mol. The Kier molecular flexibility index (Phi) is 6.73. The number of hydrogen-bond donors (Lipinski definition) is 4. The van der Waals surface area contributed by atoms with Crippen molar-refractivity contribution in [1.29, 1.82) is 0 Å². The fourth-order valence-corrected chi connectivity index (χ4v) is 2.80. The number of hydrogen-bond acceptors (Lipinski definition) is 5. The van der Waals surface area contributed by atoms with Crippen LogP contribution in [0.3, 0.4) is 0 Å². The van der Waals surface area contributed by atoms with Gasteiger partial charge in [0, 0.05) is 12.2 Å². The molecule has 0 saturated heterocycles. The second-order valence-corrected chi connectivity index (χ2v) is 6.06. The number of nitrogen functional groups attached to an aromatic ring is 1. The molecule has 2 rings (SSSR count). The highest BCUT2D eigenvalue weighted by atomic mass is 16.5. The third kappa shape index (κ3) is 4.73. The van der Waals surface area contributed by atoms with E-state index in [0.29, 0.717) is 13.2 Å².